The van der Waals surface area contributed by atoms with Gasteiger partial charge in [-0.15, -0.1) is 0 Å². The molecule has 0 aromatic heterocycles. The molecule has 14 heavy (non-hydrogen) atoms. The lowest BCUT2D eigenvalue weighted by atomic mass is 10.2. The number of nitrogens with zero attached hydrogens (tertiary/aromatic N) is 1. The van der Waals surface area contributed by atoms with Crippen molar-refractivity contribution >= 4 is 28.9 Å². The number of nitriles is 1. The molecule has 1 aromatic carbocycles. The number of benzene rings is 1. The first-order valence-corrected chi connectivity index (χ1v) is 4.78. The Hall–Kier alpha value is -1.17. The largest absolute Gasteiger partial charge is 0.380 e. The van der Waals surface area contributed by atoms with Crippen molar-refractivity contribution in [1.29, 1.82) is 5.26 Å². The highest BCUT2D eigenvalue weighted by molar-refractivity contribution is 6.33. The summed E-state index contributed by atoms with van der Waals surface area (Å²) >= 11 is 11.3. The predicted octanol–water partition coefficient (Wildman–Crippen LogP) is 3.38. The lowest BCUT2D eigenvalue weighted by Crippen LogP contribution is -1.98. The van der Waals surface area contributed by atoms with Gasteiger partial charge in [0.1, 0.15) is 0 Å². The van der Waals surface area contributed by atoms with Gasteiger partial charge >= 0.3 is 0 Å². The van der Waals surface area contributed by atoms with Crippen molar-refractivity contribution in [3.05, 3.63) is 40.4 Å². The van der Waals surface area contributed by atoms with Crippen molar-refractivity contribution in [2.75, 3.05) is 11.9 Å². The zero-order chi connectivity index (χ0) is 10.4. The Labute approximate surface area is 92.8 Å². The van der Waals surface area contributed by atoms with E-state index in [0.717, 1.165) is 5.69 Å². The SMILES string of the molecule is N#Cc1ccc(NC/C=C/Cl)c(Cl)c1. The first-order valence-electron chi connectivity index (χ1n) is 3.96. The molecule has 0 heterocycles. The Balaban J connectivity index is 2.75. The Morgan fingerprint density at radius 3 is 2.86 bits per heavy atom. The van der Waals surface area contributed by atoms with Gasteiger partial charge in [-0.25, -0.2) is 0 Å². The van der Waals surface area contributed by atoms with E-state index in [1.807, 2.05) is 6.07 Å². The average Bonchev–Trinajstić information content (AvgIpc) is 2.20. The number of halogens is 2. The molecule has 0 aliphatic heterocycles. The maximum atomic E-state index is 8.61. The van der Waals surface area contributed by atoms with Gasteiger partial charge in [-0.05, 0) is 18.2 Å². The molecule has 0 amide bonds. The van der Waals surface area contributed by atoms with Gasteiger partial charge in [0.2, 0.25) is 0 Å². The molecule has 0 aliphatic rings. The standard InChI is InChI=1S/C10H8Cl2N2/c11-4-1-5-14-10-3-2-8(7-13)6-9(10)12/h1-4,6,14H,5H2/b4-1+. The van der Waals surface area contributed by atoms with E-state index in [2.05, 4.69) is 5.32 Å². The molecule has 0 saturated carbocycles. The van der Waals surface area contributed by atoms with E-state index in [0.29, 0.717) is 17.1 Å². The van der Waals surface area contributed by atoms with Crippen molar-refractivity contribution in [2.24, 2.45) is 0 Å². The van der Waals surface area contributed by atoms with Crippen LogP contribution >= 0.6 is 23.2 Å². The van der Waals surface area contributed by atoms with Crippen LogP contribution in [0.4, 0.5) is 5.69 Å². The van der Waals surface area contributed by atoms with E-state index >= 15 is 0 Å². The Kier molecular flexibility index (Phi) is 4.31. The lowest BCUT2D eigenvalue weighted by Gasteiger charge is -2.05. The van der Waals surface area contributed by atoms with Crippen LogP contribution in [-0.4, -0.2) is 6.54 Å². The van der Waals surface area contributed by atoms with Crippen LogP contribution in [-0.2, 0) is 0 Å². The summed E-state index contributed by atoms with van der Waals surface area (Å²) in [4.78, 5) is 0. The van der Waals surface area contributed by atoms with E-state index in [-0.39, 0.29) is 0 Å². The Morgan fingerprint density at radius 2 is 2.29 bits per heavy atom. The third-order valence-corrected chi connectivity index (χ3v) is 2.09. The molecule has 0 aliphatic carbocycles. The summed E-state index contributed by atoms with van der Waals surface area (Å²) in [7, 11) is 0. The number of hydrogen-bond donors (Lipinski definition) is 1. The van der Waals surface area contributed by atoms with Gasteiger partial charge in [0.25, 0.3) is 0 Å². The Morgan fingerprint density at radius 1 is 1.50 bits per heavy atom. The molecule has 1 rings (SSSR count). The number of nitrogens with one attached hydrogen (secondary N) is 1. The second-order valence-electron chi connectivity index (χ2n) is 2.55. The number of rotatable bonds is 3. The van der Waals surface area contributed by atoms with Crippen molar-refractivity contribution in [2.45, 2.75) is 0 Å². The molecule has 4 heteroatoms. The molecule has 1 N–H and O–H groups in total. The first kappa shape index (κ1) is 10.9. The maximum absolute atomic E-state index is 8.61. The minimum Gasteiger partial charge on any atom is -0.380 e. The fraction of sp³-hybridized carbons (Fsp3) is 0.100. The molecule has 0 radical (unpaired) electrons. The molecule has 0 saturated heterocycles. The fourth-order valence-electron chi connectivity index (χ4n) is 0.941. The predicted molar refractivity (Wildman–Crippen MR) is 59.6 cm³/mol. The molecule has 0 bridgehead atoms. The van der Waals surface area contributed by atoms with Crippen molar-refractivity contribution in [3.63, 3.8) is 0 Å². The molecule has 72 valence electrons. The van der Waals surface area contributed by atoms with Crippen LogP contribution in [0.2, 0.25) is 5.02 Å². The van der Waals surface area contributed by atoms with Gasteiger partial charge in [0, 0.05) is 12.1 Å². The first-order chi connectivity index (χ1) is 6.77. The van der Waals surface area contributed by atoms with Crippen LogP contribution in [0.15, 0.2) is 29.8 Å². The lowest BCUT2D eigenvalue weighted by molar-refractivity contribution is 1.34. The van der Waals surface area contributed by atoms with E-state index in [1.165, 1.54) is 5.54 Å². The maximum Gasteiger partial charge on any atom is 0.0992 e. The highest BCUT2D eigenvalue weighted by Gasteiger charge is 1.99. The third-order valence-electron chi connectivity index (χ3n) is 1.60. The zero-order valence-corrected chi connectivity index (χ0v) is 8.81. The van der Waals surface area contributed by atoms with Crippen LogP contribution in [0.1, 0.15) is 5.56 Å². The normalized spacial score (nSPS) is 10.1. The van der Waals surface area contributed by atoms with Crippen LogP contribution in [0.5, 0.6) is 0 Å². The van der Waals surface area contributed by atoms with Gasteiger partial charge in [-0.2, -0.15) is 5.26 Å². The molecule has 0 spiro atoms. The van der Waals surface area contributed by atoms with Crippen LogP contribution in [0.25, 0.3) is 0 Å². The van der Waals surface area contributed by atoms with E-state index in [4.69, 9.17) is 28.5 Å². The van der Waals surface area contributed by atoms with Crippen molar-refractivity contribution in [1.82, 2.24) is 0 Å². The molecule has 1 aromatic rings. The molecule has 0 atom stereocenters. The van der Waals surface area contributed by atoms with Gasteiger partial charge in [-0.1, -0.05) is 29.3 Å². The van der Waals surface area contributed by atoms with E-state index in [9.17, 15) is 0 Å². The molecule has 0 fully saturated rings. The van der Waals surface area contributed by atoms with Crippen molar-refractivity contribution < 1.29 is 0 Å². The second-order valence-corrected chi connectivity index (χ2v) is 3.21. The summed E-state index contributed by atoms with van der Waals surface area (Å²) < 4.78 is 0. The topological polar surface area (TPSA) is 35.8 Å². The molecular formula is C10H8Cl2N2. The number of anilines is 1. The molecule has 0 unspecified atom stereocenters. The van der Waals surface area contributed by atoms with Crippen LogP contribution in [0.3, 0.4) is 0 Å². The van der Waals surface area contributed by atoms with E-state index in [1.54, 1.807) is 24.3 Å². The average molecular weight is 227 g/mol. The van der Waals surface area contributed by atoms with Crippen molar-refractivity contribution in [3.8, 4) is 6.07 Å². The monoisotopic (exact) mass is 226 g/mol. The summed E-state index contributed by atoms with van der Waals surface area (Å²) in [6.45, 7) is 0.606. The smallest absolute Gasteiger partial charge is 0.0992 e. The molecule has 2 nitrogen and oxygen atoms in total. The fourth-order valence-corrected chi connectivity index (χ4v) is 1.28. The van der Waals surface area contributed by atoms with Gasteiger partial charge in [0.05, 0.1) is 22.3 Å². The second kappa shape index (κ2) is 5.54. The van der Waals surface area contributed by atoms with Gasteiger partial charge in [-0.3, -0.25) is 0 Å². The summed E-state index contributed by atoms with van der Waals surface area (Å²) in [5.41, 5.74) is 2.78. The van der Waals surface area contributed by atoms with Gasteiger partial charge < -0.3 is 5.32 Å². The van der Waals surface area contributed by atoms with Crippen LogP contribution < -0.4 is 5.32 Å². The summed E-state index contributed by atoms with van der Waals surface area (Å²) in [5.74, 6) is 0. The summed E-state index contributed by atoms with van der Waals surface area (Å²) in [6, 6.07) is 7.11. The minimum absolute atomic E-state index is 0.534. The number of hydrogen-bond acceptors (Lipinski definition) is 2. The van der Waals surface area contributed by atoms with E-state index < -0.39 is 0 Å². The van der Waals surface area contributed by atoms with Gasteiger partial charge in [0.15, 0.2) is 0 Å². The molecular weight excluding hydrogens is 219 g/mol. The summed E-state index contributed by atoms with van der Waals surface area (Å²) in [6.07, 6.45) is 1.76. The zero-order valence-electron chi connectivity index (χ0n) is 7.30. The minimum atomic E-state index is 0.534. The highest BCUT2D eigenvalue weighted by atomic mass is 35.5. The van der Waals surface area contributed by atoms with Crippen LogP contribution in [0, 0.1) is 11.3 Å². The summed E-state index contributed by atoms with van der Waals surface area (Å²) in [5, 5.41) is 12.2. The highest BCUT2D eigenvalue weighted by Crippen LogP contribution is 2.22. The quantitative estimate of drug-likeness (QED) is 0.859. The Bertz CT molecular complexity index is 380. The third kappa shape index (κ3) is 2.95.